The van der Waals surface area contributed by atoms with Crippen molar-refractivity contribution < 1.29 is 26.7 Å². The van der Waals surface area contributed by atoms with Crippen LogP contribution in [0, 0.1) is 11.6 Å². The second-order valence-electron chi connectivity index (χ2n) is 6.89. The van der Waals surface area contributed by atoms with Gasteiger partial charge in [-0.15, -0.1) is 0 Å². The summed E-state index contributed by atoms with van der Waals surface area (Å²) in [5.41, 5.74) is 0.295. The minimum absolute atomic E-state index is 0.0562. The number of nitrogens with zero attached hydrogens (tertiary/aromatic N) is 1. The van der Waals surface area contributed by atoms with E-state index in [0.29, 0.717) is 13.1 Å². The van der Waals surface area contributed by atoms with Crippen LogP contribution in [-0.2, 0) is 14.8 Å². The van der Waals surface area contributed by atoms with Crippen molar-refractivity contribution in [3.05, 3.63) is 48.0 Å². The highest BCUT2D eigenvalue weighted by Crippen LogP contribution is 2.30. The van der Waals surface area contributed by atoms with Crippen LogP contribution in [-0.4, -0.2) is 45.4 Å². The summed E-state index contributed by atoms with van der Waals surface area (Å²) < 4.78 is 58.9. The zero-order valence-corrected chi connectivity index (χ0v) is 17.3. The Morgan fingerprint density at radius 1 is 1.07 bits per heavy atom. The molecule has 1 aliphatic rings. The van der Waals surface area contributed by atoms with Crippen molar-refractivity contribution in [3.63, 3.8) is 0 Å². The van der Waals surface area contributed by atoms with E-state index < -0.39 is 27.6 Å². The number of piperidine rings is 1. The molecule has 0 aliphatic carbocycles. The Morgan fingerprint density at radius 2 is 1.73 bits per heavy atom. The molecule has 1 fully saturated rings. The molecule has 1 amide bonds. The Labute approximate surface area is 174 Å². The van der Waals surface area contributed by atoms with Crippen LogP contribution in [0.25, 0.3) is 0 Å². The highest BCUT2D eigenvalue weighted by Gasteiger charge is 2.27. The molecular weight excluding hydrogens is 416 g/mol. The van der Waals surface area contributed by atoms with E-state index >= 15 is 0 Å². The van der Waals surface area contributed by atoms with Crippen molar-refractivity contribution in [2.75, 3.05) is 37.4 Å². The lowest BCUT2D eigenvalue weighted by Crippen LogP contribution is -2.35. The Morgan fingerprint density at radius 3 is 2.37 bits per heavy atom. The van der Waals surface area contributed by atoms with E-state index in [9.17, 15) is 22.0 Å². The number of benzene rings is 2. The fraction of sp³-hybridized carbons (Fsp3) is 0.350. The van der Waals surface area contributed by atoms with E-state index in [0.717, 1.165) is 37.5 Å². The van der Waals surface area contributed by atoms with Crippen LogP contribution in [0.5, 0.6) is 5.75 Å². The van der Waals surface area contributed by atoms with Gasteiger partial charge in [-0.25, -0.2) is 17.2 Å². The van der Waals surface area contributed by atoms with Crippen molar-refractivity contribution in [1.82, 2.24) is 4.31 Å². The molecule has 1 heterocycles. The first-order valence-electron chi connectivity index (χ1n) is 9.47. The normalized spacial score (nSPS) is 14.9. The van der Waals surface area contributed by atoms with E-state index in [-0.39, 0.29) is 28.6 Å². The Kier molecular flexibility index (Phi) is 6.88. The summed E-state index contributed by atoms with van der Waals surface area (Å²) in [6.07, 6.45) is 2.62. The van der Waals surface area contributed by atoms with Crippen LogP contribution >= 0.6 is 0 Å². The van der Waals surface area contributed by atoms with Gasteiger partial charge in [0.15, 0.2) is 0 Å². The van der Waals surface area contributed by atoms with Gasteiger partial charge in [-0.2, -0.15) is 4.31 Å². The molecule has 0 unspecified atom stereocenters. The SMILES string of the molecule is COc1ccc(S(=O)(=O)N2CCCCC2)cc1NC(=O)CNc1cc(F)cc(F)c1. The summed E-state index contributed by atoms with van der Waals surface area (Å²) >= 11 is 0. The van der Waals surface area contributed by atoms with Gasteiger partial charge in [-0.05, 0) is 43.2 Å². The quantitative estimate of drug-likeness (QED) is 0.692. The van der Waals surface area contributed by atoms with Crippen LogP contribution < -0.4 is 15.4 Å². The average molecular weight is 439 g/mol. The van der Waals surface area contributed by atoms with Gasteiger partial charge in [-0.3, -0.25) is 4.79 Å². The molecule has 1 aliphatic heterocycles. The first kappa shape index (κ1) is 22.0. The molecule has 0 saturated carbocycles. The van der Waals surface area contributed by atoms with E-state index in [2.05, 4.69) is 10.6 Å². The third kappa shape index (κ3) is 5.25. The number of ether oxygens (including phenoxy) is 1. The number of hydrogen-bond donors (Lipinski definition) is 2. The number of rotatable bonds is 7. The second-order valence-corrected chi connectivity index (χ2v) is 8.82. The monoisotopic (exact) mass is 439 g/mol. The molecule has 3 rings (SSSR count). The maximum Gasteiger partial charge on any atom is 0.243 e. The third-order valence-electron chi connectivity index (χ3n) is 4.71. The predicted molar refractivity (Wildman–Crippen MR) is 109 cm³/mol. The highest BCUT2D eigenvalue weighted by molar-refractivity contribution is 7.89. The molecule has 0 bridgehead atoms. The number of sulfonamides is 1. The zero-order valence-electron chi connectivity index (χ0n) is 16.5. The fourth-order valence-electron chi connectivity index (χ4n) is 3.23. The van der Waals surface area contributed by atoms with E-state index in [1.165, 1.54) is 29.6 Å². The summed E-state index contributed by atoms with van der Waals surface area (Å²) in [5, 5.41) is 5.20. The molecule has 1 saturated heterocycles. The standard InChI is InChI=1S/C20H23F2N3O4S/c1-29-19-6-5-17(30(27,28)25-7-3-2-4-8-25)12-18(19)24-20(26)13-23-16-10-14(21)9-15(22)11-16/h5-6,9-12,23H,2-4,7-8,13H2,1H3,(H,24,26). The van der Waals surface area contributed by atoms with Crippen molar-refractivity contribution in [2.24, 2.45) is 0 Å². The number of methoxy groups -OCH3 is 1. The molecule has 2 N–H and O–H groups in total. The number of hydrogen-bond acceptors (Lipinski definition) is 5. The Hall–Kier alpha value is -2.72. The number of amides is 1. The maximum atomic E-state index is 13.2. The van der Waals surface area contributed by atoms with Crippen molar-refractivity contribution in [1.29, 1.82) is 0 Å². The molecule has 2 aromatic carbocycles. The third-order valence-corrected chi connectivity index (χ3v) is 6.61. The largest absolute Gasteiger partial charge is 0.495 e. The van der Waals surface area contributed by atoms with E-state index in [1.807, 2.05) is 0 Å². The van der Waals surface area contributed by atoms with Crippen LogP contribution in [0.3, 0.4) is 0 Å². The van der Waals surface area contributed by atoms with Crippen LogP contribution in [0.15, 0.2) is 41.3 Å². The lowest BCUT2D eigenvalue weighted by Gasteiger charge is -2.26. The molecule has 7 nitrogen and oxygen atoms in total. The van der Waals surface area contributed by atoms with Crippen molar-refractivity contribution in [2.45, 2.75) is 24.2 Å². The number of anilines is 2. The van der Waals surface area contributed by atoms with E-state index in [1.54, 1.807) is 0 Å². The summed E-state index contributed by atoms with van der Waals surface area (Å²) in [7, 11) is -2.28. The second kappa shape index (κ2) is 9.40. The topological polar surface area (TPSA) is 87.7 Å². The lowest BCUT2D eigenvalue weighted by atomic mass is 10.2. The minimum atomic E-state index is -3.68. The summed E-state index contributed by atoms with van der Waals surface area (Å²) in [5.74, 6) is -1.78. The van der Waals surface area contributed by atoms with Crippen LogP contribution in [0.4, 0.5) is 20.2 Å². The molecule has 0 atom stereocenters. The van der Waals surface area contributed by atoms with Gasteiger partial charge in [0.1, 0.15) is 17.4 Å². The molecule has 162 valence electrons. The summed E-state index contributed by atoms with van der Waals surface area (Å²) in [4.78, 5) is 12.4. The summed E-state index contributed by atoms with van der Waals surface area (Å²) in [6, 6.07) is 7.10. The molecule has 0 radical (unpaired) electrons. The van der Waals surface area contributed by atoms with Crippen molar-refractivity contribution >= 4 is 27.3 Å². The number of carbonyl (C=O) groups is 1. The molecule has 30 heavy (non-hydrogen) atoms. The molecular formula is C20H23F2N3O4S. The first-order valence-corrected chi connectivity index (χ1v) is 10.9. The van der Waals surface area contributed by atoms with Gasteiger partial charge >= 0.3 is 0 Å². The minimum Gasteiger partial charge on any atom is -0.495 e. The molecule has 0 aromatic heterocycles. The summed E-state index contributed by atoms with van der Waals surface area (Å²) in [6.45, 7) is 0.642. The lowest BCUT2D eigenvalue weighted by molar-refractivity contribution is -0.114. The van der Waals surface area contributed by atoms with Gasteiger partial charge in [0.05, 0.1) is 24.2 Å². The van der Waals surface area contributed by atoms with Crippen molar-refractivity contribution in [3.8, 4) is 5.75 Å². The maximum absolute atomic E-state index is 13.2. The Balaban J connectivity index is 1.74. The van der Waals surface area contributed by atoms with Gasteiger partial charge in [0, 0.05) is 24.8 Å². The van der Waals surface area contributed by atoms with Gasteiger partial charge in [-0.1, -0.05) is 6.42 Å². The first-order chi connectivity index (χ1) is 14.3. The van der Waals surface area contributed by atoms with Gasteiger partial charge in [0.2, 0.25) is 15.9 Å². The van der Waals surface area contributed by atoms with Gasteiger partial charge in [0.25, 0.3) is 0 Å². The highest BCUT2D eigenvalue weighted by atomic mass is 32.2. The number of carbonyl (C=O) groups excluding carboxylic acids is 1. The Bertz CT molecular complexity index is 1000. The molecule has 0 spiro atoms. The average Bonchev–Trinajstić information content (AvgIpc) is 2.72. The smallest absolute Gasteiger partial charge is 0.243 e. The van der Waals surface area contributed by atoms with Gasteiger partial charge < -0.3 is 15.4 Å². The van der Waals surface area contributed by atoms with Crippen LogP contribution in [0.1, 0.15) is 19.3 Å². The molecule has 2 aromatic rings. The van der Waals surface area contributed by atoms with E-state index in [4.69, 9.17) is 4.74 Å². The molecule has 10 heteroatoms. The number of halogens is 2. The number of nitrogens with one attached hydrogen (secondary N) is 2. The predicted octanol–water partition coefficient (Wildman–Crippen LogP) is 3.20. The fourth-order valence-corrected chi connectivity index (χ4v) is 4.78. The van der Waals surface area contributed by atoms with Crippen LogP contribution in [0.2, 0.25) is 0 Å². The zero-order chi connectivity index (χ0) is 21.7.